The first-order chi connectivity index (χ1) is 8.43. The Morgan fingerprint density at radius 1 is 1.42 bits per heavy atom. The van der Waals surface area contributed by atoms with Crippen LogP contribution in [0.15, 0.2) is 0 Å². The fourth-order valence-electron chi connectivity index (χ4n) is 2.29. The van der Waals surface area contributed by atoms with Gasteiger partial charge in [0, 0.05) is 25.6 Å². The molecule has 0 aliphatic carbocycles. The molecule has 0 bridgehead atoms. The number of hydrogen-bond donors (Lipinski definition) is 2. The maximum atomic E-state index is 12.2. The van der Waals surface area contributed by atoms with Gasteiger partial charge in [0.05, 0.1) is 0 Å². The van der Waals surface area contributed by atoms with Crippen LogP contribution in [0.2, 0.25) is 0 Å². The Hall–Kier alpha value is -0.810. The van der Waals surface area contributed by atoms with E-state index in [1.807, 2.05) is 20.8 Å². The van der Waals surface area contributed by atoms with Crippen LogP contribution in [-0.4, -0.2) is 41.9 Å². The molecular weight excluding hydrogens is 266 g/mol. The van der Waals surface area contributed by atoms with E-state index in [9.17, 15) is 9.59 Å². The van der Waals surface area contributed by atoms with Crippen molar-refractivity contribution in [2.24, 2.45) is 11.7 Å². The van der Waals surface area contributed by atoms with Crippen LogP contribution >= 0.6 is 12.4 Å². The van der Waals surface area contributed by atoms with Gasteiger partial charge in [-0.25, -0.2) is 0 Å². The highest BCUT2D eigenvalue weighted by molar-refractivity contribution is 5.88. The van der Waals surface area contributed by atoms with Crippen molar-refractivity contribution in [3.05, 3.63) is 0 Å². The maximum Gasteiger partial charge on any atom is 0.243 e. The molecule has 6 heteroatoms. The van der Waals surface area contributed by atoms with Crippen molar-refractivity contribution in [3.63, 3.8) is 0 Å². The Morgan fingerprint density at radius 2 is 2.05 bits per heavy atom. The SMILES string of the molecule is CC(N)CCNC(=O)C(C(C)C)N1CCCC1=O.Cl. The zero-order chi connectivity index (χ0) is 13.7. The number of carbonyl (C=O) groups excluding carboxylic acids is 2. The van der Waals surface area contributed by atoms with Gasteiger partial charge in [0.15, 0.2) is 0 Å². The summed E-state index contributed by atoms with van der Waals surface area (Å²) in [7, 11) is 0. The summed E-state index contributed by atoms with van der Waals surface area (Å²) in [5, 5.41) is 2.88. The molecular formula is C13H26ClN3O2. The zero-order valence-corrected chi connectivity index (χ0v) is 12.8. The molecule has 2 atom stereocenters. The van der Waals surface area contributed by atoms with Crippen molar-refractivity contribution in [2.45, 2.75) is 52.1 Å². The number of rotatable bonds is 6. The summed E-state index contributed by atoms with van der Waals surface area (Å²) in [6, 6.07) is -0.260. The number of likely N-dealkylation sites (tertiary alicyclic amines) is 1. The second kappa shape index (κ2) is 8.38. The van der Waals surface area contributed by atoms with E-state index in [4.69, 9.17) is 5.73 Å². The van der Waals surface area contributed by atoms with Crippen molar-refractivity contribution in [1.82, 2.24) is 10.2 Å². The van der Waals surface area contributed by atoms with Crippen LogP contribution in [0.4, 0.5) is 0 Å². The average Bonchev–Trinajstić information content (AvgIpc) is 2.64. The second-order valence-corrected chi connectivity index (χ2v) is 5.44. The molecule has 1 fully saturated rings. The number of nitrogens with zero attached hydrogens (tertiary/aromatic N) is 1. The lowest BCUT2D eigenvalue weighted by Gasteiger charge is -2.30. The Bertz CT molecular complexity index is 308. The van der Waals surface area contributed by atoms with E-state index in [1.54, 1.807) is 4.90 Å². The molecule has 1 heterocycles. The summed E-state index contributed by atoms with van der Waals surface area (Å²) in [6.45, 7) is 7.13. The first kappa shape index (κ1) is 18.2. The summed E-state index contributed by atoms with van der Waals surface area (Å²) < 4.78 is 0. The average molecular weight is 292 g/mol. The summed E-state index contributed by atoms with van der Waals surface area (Å²) in [5.74, 6) is 0.166. The van der Waals surface area contributed by atoms with Gasteiger partial charge >= 0.3 is 0 Å². The number of amides is 2. The monoisotopic (exact) mass is 291 g/mol. The molecule has 19 heavy (non-hydrogen) atoms. The number of hydrogen-bond acceptors (Lipinski definition) is 3. The van der Waals surface area contributed by atoms with Crippen LogP contribution in [0.5, 0.6) is 0 Å². The van der Waals surface area contributed by atoms with Crippen LogP contribution < -0.4 is 11.1 Å². The van der Waals surface area contributed by atoms with Gasteiger partial charge in [0.2, 0.25) is 11.8 Å². The number of nitrogens with one attached hydrogen (secondary N) is 1. The van der Waals surface area contributed by atoms with Crippen molar-refractivity contribution in [3.8, 4) is 0 Å². The molecule has 112 valence electrons. The van der Waals surface area contributed by atoms with Crippen LogP contribution in [0.25, 0.3) is 0 Å². The summed E-state index contributed by atoms with van der Waals surface area (Å²) in [5.41, 5.74) is 5.64. The minimum atomic E-state index is -0.340. The summed E-state index contributed by atoms with van der Waals surface area (Å²) in [4.78, 5) is 25.6. The number of halogens is 1. The molecule has 0 aromatic heterocycles. The lowest BCUT2D eigenvalue weighted by molar-refractivity contribution is -0.139. The lowest BCUT2D eigenvalue weighted by atomic mass is 10.0. The highest BCUT2D eigenvalue weighted by atomic mass is 35.5. The Kier molecular flexibility index (Phi) is 8.02. The third kappa shape index (κ3) is 5.37. The molecule has 2 unspecified atom stereocenters. The molecule has 3 N–H and O–H groups in total. The molecule has 1 aliphatic rings. The molecule has 1 rings (SSSR count). The van der Waals surface area contributed by atoms with Gasteiger partial charge in [-0.05, 0) is 25.7 Å². The molecule has 0 saturated carbocycles. The van der Waals surface area contributed by atoms with Crippen LogP contribution in [0.1, 0.15) is 40.0 Å². The molecule has 1 aliphatic heterocycles. The van der Waals surface area contributed by atoms with Crippen molar-refractivity contribution < 1.29 is 9.59 Å². The molecule has 0 aromatic carbocycles. The fraction of sp³-hybridized carbons (Fsp3) is 0.846. The van der Waals surface area contributed by atoms with Crippen molar-refractivity contribution in [2.75, 3.05) is 13.1 Å². The third-order valence-electron chi connectivity index (χ3n) is 3.24. The van der Waals surface area contributed by atoms with Gasteiger partial charge in [-0.3, -0.25) is 9.59 Å². The number of carbonyl (C=O) groups is 2. The minimum Gasteiger partial charge on any atom is -0.354 e. The van der Waals surface area contributed by atoms with E-state index in [1.165, 1.54) is 0 Å². The maximum absolute atomic E-state index is 12.2. The molecule has 0 spiro atoms. The molecule has 0 aromatic rings. The molecule has 2 amide bonds. The molecule has 1 saturated heterocycles. The Balaban J connectivity index is 0.00000324. The second-order valence-electron chi connectivity index (χ2n) is 5.44. The van der Waals surface area contributed by atoms with Gasteiger partial charge in [-0.1, -0.05) is 13.8 Å². The quantitative estimate of drug-likeness (QED) is 0.764. The smallest absolute Gasteiger partial charge is 0.243 e. The van der Waals surface area contributed by atoms with Gasteiger partial charge < -0.3 is 16.0 Å². The van der Waals surface area contributed by atoms with Crippen molar-refractivity contribution >= 4 is 24.2 Å². The van der Waals surface area contributed by atoms with Gasteiger partial charge in [-0.15, -0.1) is 12.4 Å². The first-order valence-corrected chi connectivity index (χ1v) is 6.76. The Labute approximate surface area is 121 Å². The zero-order valence-electron chi connectivity index (χ0n) is 12.0. The normalized spacial score (nSPS) is 18.2. The largest absolute Gasteiger partial charge is 0.354 e. The van der Waals surface area contributed by atoms with E-state index >= 15 is 0 Å². The fourth-order valence-corrected chi connectivity index (χ4v) is 2.29. The molecule has 5 nitrogen and oxygen atoms in total. The van der Waals surface area contributed by atoms with Crippen molar-refractivity contribution in [1.29, 1.82) is 0 Å². The van der Waals surface area contributed by atoms with E-state index < -0.39 is 0 Å². The third-order valence-corrected chi connectivity index (χ3v) is 3.24. The van der Waals surface area contributed by atoms with Crippen LogP contribution in [0, 0.1) is 5.92 Å². The van der Waals surface area contributed by atoms with Crippen LogP contribution in [0.3, 0.4) is 0 Å². The first-order valence-electron chi connectivity index (χ1n) is 6.76. The summed E-state index contributed by atoms with van der Waals surface area (Å²) in [6.07, 6.45) is 2.18. The predicted molar refractivity (Wildman–Crippen MR) is 78.1 cm³/mol. The Morgan fingerprint density at radius 3 is 2.47 bits per heavy atom. The predicted octanol–water partition coefficient (Wildman–Crippen LogP) is 0.909. The molecule has 0 radical (unpaired) electrons. The van der Waals surface area contributed by atoms with E-state index in [0.29, 0.717) is 19.5 Å². The number of nitrogens with two attached hydrogens (primary N) is 1. The highest BCUT2D eigenvalue weighted by Crippen LogP contribution is 2.19. The van der Waals surface area contributed by atoms with E-state index in [0.717, 1.165) is 12.8 Å². The topological polar surface area (TPSA) is 75.4 Å². The summed E-state index contributed by atoms with van der Waals surface area (Å²) >= 11 is 0. The van der Waals surface area contributed by atoms with Crippen LogP contribution in [-0.2, 0) is 9.59 Å². The van der Waals surface area contributed by atoms with E-state index in [-0.39, 0.29) is 42.2 Å². The van der Waals surface area contributed by atoms with Gasteiger partial charge in [-0.2, -0.15) is 0 Å². The van der Waals surface area contributed by atoms with Gasteiger partial charge in [0.1, 0.15) is 6.04 Å². The van der Waals surface area contributed by atoms with Gasteiger partial charge in [0.25, 0.3) is 0 Å². The lowest BCUT2D eigenvalue weighted by Crippen LogP contribution is -2.50. The standard InChI is InChI=1S/C13H25N3O2.ClH/c1-9(2)12(16-8-4-5-11(16)17)13(18)15-7-6-10(3)14;/h9-10,12H,4-8,14H2,1-3H3,(H,15,18);1H. The highest BCUT2D eigenvalue weighted by Gasteiger charge is 2.34. The van der Waals surface area contributed by atoms with E-state index in [2.05, 4.69) is 5.32 Å². The minimum absolute atomic E-state index is 0.